The minimum atomic E-state index is -0.154. The fourth-order valence-corrected chi connectivity index (χ4v) is 6.61. The fraction of sp³-hybridized carbons (Fsp3) is 0.750. The third kappa shape index (κ3) is 1.93. The van der Waals surface area contributed by atoms with Gasteiger partial charge in [0.15, 0.2) is 5.78 Å². The maximum absolute atomic E-state index is 12.0. The zero-order valence-corrected chi connectivity index (χ0v) is 14.2. The molecule has 0 aromatic rings. The van der Waals surface area contributed by atoms with E-state index in [0.717, 1.165) is 44.1 Å². The predicted octanol–water partition coefficient (Wildman–Crippen LogP) is 3.02. The van der Waals surface area contributed by atoms with Crippen molar-refractivity contribution in [1.82, 2.24) is 0 Å². The van der Waals surface area contributed by atoms with Crippen LogP contribution in [-0.4, -0.2) is 28.7 Å². The first kappa shape index (κ1) is 15.6. The van der Waals surface area contributed by atoms with Gasteiger partial charge in [0.2, 0.25) is 0 Å². The quantitative estimate of drug-likeness (QED) is 0.782. The predicted molar refractivity (Wildman–Crippen MR) is 88.7 cm³/mol. The second-order valence-electron chi connectivity index (χ2n) is 8.66. The Kier molecular flexibility index (Phi) is 3.41. The third-order valence-corrected chi connectivity index (χ3v) is 8.01. The summed E-state index contributed by atoms with van der Waals surface area (Å²) in [5.41, 5.74) is 2.07. The van der Waals surface area contributed by atoms with E-state index in [9.17, 15) is 15.0 Å². The van der Waals surface area contributed by atoms with Crippen molar-refractivity contribution in [2.24, 2.45) is 28.6 Å². The van der Waals surface area contributed by atoms with Crippen LogP contribution in [0, 0.1) is 28.6 Å². The van der Waals surface area contributed by atoms with Crippen LogP contribution in [0.1, 0.15) is 52.4 Å². The fourth-order valence-electron chi connectivity index (χ4n) is 6.61. The van der Waals surface area contributed by atoms with E-state index < -0.39 is 0 Å². The first-order chi connectivity index (χ1) is 10.9. The van der Waals surface area contributed by atoms with Crippen molar-refractivity contribution in [3.8, 4) is 0 Å². The lowest BCUT2D eigenvalue weighted by atomic mass is 9.47. The summed E-state index contributed by atoms with van der Waals surface area (Å²) in [6.45, 7) is 4.51. The molecule has 4 aliphatic rings. The first-order valence-corrected chi connectivity index (χ1v) is 9.16. The summed E-state index contributed by atoms with van der Waals surface area (Å²) in [6, 6.07) is 0. The number of rotatable bonds is 1. The molecular formula is C20H28O3. The number of fused-ring (bicyclic) bond motifs is 5. The van der Waals surface area contributed by atoms with Crippen LogP contribution in [0.4, 0.5) is 0 Å². The molecule has 6 atom stereocenters. The molecule has 0 heterocycles. The Morgan fingerprint density at radius 1 is 1.13 bits per heavy atom. The second-order valence-corrected chi connectivity index (χ2v) is 8.66. The van der Waals surface area contributed by atoms with E-state index in [4.69, 9.17) is 0 Å². The highest BCUT2D eigenvalue weighted by Gasteiger charge is 2.59. The molecular weight excluding hydrogens is 288 g/mol. The maximum Gasteiger partial charge on any atom is 0.178 e. The highest BCUT2D eigenvalue weighted by atomic mass is 16.3. The van der Waals surface area contributed by atoms with Crippen molar-refractivity contribution in [3.63, 3.8) is 0 Å². The molecule has 2 N–H and O–H groups in total. The van der Waals surface area contributed by atoms with Crippen LogP contribution < -0.4 is 0 Å². The average molecular weight is 316 g/mol. The lowest BCUT2D eigenvalue weighted by Gasteiger charge is -2.58. The van der Waals surface area contributed by atoms with Gasteiger partial charge in [0.05, 0.1) is 12.7 Å². The van der Waals surface area contributed by atoms with Gasteiger partial charge >= 0.3 is 0 Å². The smallest absolute Gasteiger partial charge is 0.178 e. The molecule has 3 saturated carbocycles. The zero-order chi connectivity index (χ0) is 16.4. The van der Waals surface area contributed by atoms with E-state index in [-0.39, 0.29) is 29.3 Å². The lowest BCUT2D eigenvalue weighted by molar-refractivity contribution is -0.111. The van der Waals surface area contributed by atoms with Crippen LogP contribution in [0.2, 0.25) is 0 Å². The first-order valence-electron chi connectivity index (χ1n) is 9.16. The Bertz CT molecular complexity index is 586. The average Bonchev–Trinajstić information content (AvgIpc) is 2.83. The van der Waals surface area contributed by atoms with Crippen molar-refractivity contribution in [1.29, 1.82) is 0 Å². The van der Waals surface area contributed by atoms with Gasteiger partial charge in [-0.25, -0.2) is 0 Å². The van der Waals surface area contributed by atoms with E-state index >= 15 is 0 Å². The molecule has 0 aliphatic heterocycles. The molecule has 3 nitrogen and oxygen atoms in total. The Labute approximate surface area is 138 Å². The summed E-state index contributed by atoms with van der Waals surface area (Å²) in [4.78, 5) is 12.0. The van der Waals surface area contributed by atoms with E-state index in [1.165, 1.54) is 5.57 Å². The molecule has 4 rings (SSSR count). The van der Waals surface area contributed by atoms with Crippen molar-refractivity contribution in [3.05, 3.63) is 23.3 Å². The number of hydrogen-bond acceptors (Lipinski definition) is 3. The molecule has 3 fully saturated rings. The van der Waals surface area contributed by atoms with Gasteiger partial charge in [0.25, 0.3) is 0 Å². The van der Waals surface area contributed by atoms with Crippen molar-refractivity contribution >= 4 is 5.78 Å². The largest absolute Gasteiger partial charge is 0.393 e. The standard InChI is InChI=1S/C20H28O3/c1-19-8-7-17-15(16(19)5-6-18(19)23)4-3-12-9-14(22)10-13(11-21)20(12,17)2/h9-10,15-18,21,23H,3-8,11H2,1-2H3/t15-,16-,17-,18-,19-,20+/m0/s1. The summed E-state index contributed by atoms with van der Waals surface area (Å²) < 4.78 is 0. The minimum absolute atomic E-state index is 0.0205. The SMILES string of the molecule is C[C@]12C(CO)=CC(=O)C=C1CC[C@@H]1[C@@H]2CC[C@]2(C)[C@@H](O)CC[C@@H]12. The van der Waals surface area contributed by atoms with E-state index in [2.05, 4.69) is 13.8 Å². The summed E-state index contributed by atoms with van der Waals surface area (Å²) >= 11 is 0. The minimum Gasteiger partial charge on any atom is -0.393 e. The van der Waals surface area contributed by atoms with Crippen molar-refractivity contribution in [2.75, 3.05) is 6.61 Å². The Balaban J connectivity index is 1.74. The number of hydrogen-bond donors (Lipinski definition) is 2. The van der Waals surface area contributed by atoms with Gasteiger partial charge in [0.1, 0.15) is 0 Å². The Hall–Kier alpha value is -0.930. The van der Waals surface area contributed by atoms with Gasteiger partial charge in [0, 0.05) is 5.41 Å². The van der Waals surface area contributed by atoms with Gasteiger partial charge in [-0.1, -0.05) is 19.4 Å². The van der Waals surface area contributed by atoms with Gasteiger partial charge in [-0.05, 0) is 79.4 Å². The summed E-state index contributed by atoms with van der Waals surface area (Å²) in [6.07, 6.45) is 9.66. The van der Waals surface area contributed by atoms with Crippen LogP contribution >= 0.6 is 0 Å². The second kappa shape index (κ2) is 5.03. The molecule has 0 unspecified atom stereocenters. The molecule has 0 saturated heterocycles. The van der Waals surface area contributed by atoms with Crippen LogP contribution in [0.5, 0.6) is 0 Å². The lowest BCUT2D eigenvalue weighted by Crippen LogP contribution is -2.52. The normalized spacial score (nSPS) is 49.0. The number of allylic oxidation sites excluding steroid dienone is 3. The van der Waals surface area contributed by atoms with Gasteiger partial charge < -0.3 is 10.2 Å². The van der Waals surface area contributed by atoms with E-state index in [1.54, 1.807) is 6.08 Å². The zero-order valence-electron chi connectivity index (χ0n) is 14.2. The molecule has 0 aromatic carbocycles. The van der Waals surface area contributed by atoms with Gasteiger partial charge in [-0.3, -0.25) is 4.79 Å². The number of aliphatic hydroxyl groups is 2. The number of ketones is 1. The molecule has 0 aromatic heterocycles. The van der Waals surface area contributed by atoms with Crippen LogP contribution in [-0.2, 0) is 4.79 Å². The van der Waals surface area contributed by atoms with Crippen LogP contribution in [0.15, 0.2) is 23.3 Å². The molecule has 0 bridgehead atoms. The van der Waals surface area contributed by atoms with Gasteiger partial charge in [-0.15, -0.1) is 0 Å². The van der Waals surface area contributed by atoms with Crippen molar-refractivity contribution in [2.45, 2.75) is 58.5 Å². The number of aliphatic hydroxyl groups excluding tert-OH is 2. The van der Waals surface area contributed by atoms with Gasteiger partial charge in [-0.2, -0.15) is 0 Å². The van der Waals surface area contributed by atoms with Crippen LogP contribution in [0.25, 0.3) is 0 Å². The summed E-state index contributed by atoms with van der Waals surface area (Å²) in [5, 5.41) is 20.4. The topological polar surface area (TPSA) is 57.5 Å². The number of carbonyl (C=O) groups excluding carboxylic acids is 1. The highest BCUT2D eigenvalue weighted by molar-refractivity contribution is 6.02. The number of carbonyl (C=O) groups is 1. The van der Waals surface area contributed by atoms with E-state index in [0.29, 0.717) is 17.8 Å². The molecule has 0 spiro atoms. The maximum atomic E-state index is 12.0. The monoisotopic (exact) mass is 316 g/mol. The molecule has 3 heteroatoms. The summed E-state index contributed by atoms with van der Waals surface area (Å²) in [7, 11) is 0. The molecule has 4 aliphatic carbocycles. The molecule has 126 valence electrons. The summed E-state index contributed by atoms with van der Waals surface area (Å²) in [5.74, 6) is 1.73. The Morgan fingerprint density at radius 2 is 1.91 bits per heavy atom. The Morgan fingerprint density at radius 3 is 2.65 bits per heavy atom. The van der Waals surface area contributed by atoms with Crippen molar-refractivity contribution < 1.29 is 15.0 Å². The molecule has 23 heavy (non-hydrogen) atoms. The third-order valence-electron chi connectivity index (χ3n) is 8.01. The van der Waals surface area contributed by atoms with Crippen LogP contribution in [0.3, 0.4) is 0 Å². The molecule has 0 radical (unpaired) electrons. The van der Waals surface area contributed by atoms with E-state index in [1.807, 2.05) is 6.08 Å². The highest BCUT2D eigenvalue weighted by Crippen LogP contribution is 2.65. The molecule has 0 amide bonds.